The van der Waals surface area contributed by atoms with E-state index in [4.69, 9.17) is 10.8 Å². The van der Waals surface area contributed by atoms with Crippen LogP contribution in [0.1, 0.15) is 45.3 Å². The van der Waals surface area contributed by atoms with Gasteiger partial charge in [-0.3, -0.25) is 0 Å². The Hall–Kier alpha value is -0.940. The highest BCUT2D eigenvalue weighted by molar-refractivity contribution is 4.92. The van der Waals surface area contributed by atoms with E-state index in [0.717, 1.165) is 43.9 Å². The van der Waals surface area contributed by atoms with Gasteiger partial charge in [-0.2, -0.15) is 5.10 Å². The molecule has 0 bridgehead atoms. The van der Waals surface area contributed by atoms with E-state index in [1.807, 2.05) is 11.6 Å². The Bertz CT molecular complexity index is 346. The first kappa shape index (κ1) is 14.1. The van der Waals surface area contributed by atoms with Crippen molar-refractivity contribution in [1.29, 1.82) is 0 Å². The first-order valence-corrected chi connectivity index (χ1v) is 6.34. The highest BCUT2D eigenvalue weighted by atomic mass is 16.3. The van der Waals surface area contributed by atoms with Crippen LogP contribution in [-0.4, -0.2) is 32.0 Å². The molecule has 0 aliphatic rings. The number of aryl methyl sites for hydroxylation is 3. The number of nitrogens with zero attached hydrogens (tertiary/aromatic N) is 3. The Morgan fingerprint density at radius 1 is 1.35 bits per heavy atom. The Labute approximate surface area is 103 Å². The fraction of sp³-hybridized carbons (Fsp3) is 0.833. The van der Waals surface area contributed by atoms with Crippen molar-refractivity contribution in [3.63, 3.8) is 0 Å². The van der Waals surface area contributed by atoms with Crippen LogP contribution in [0.2, 0.25) is 0 Å². The van der Waals surface area contributed by atoms with Gasteiger partial charge in [0.2, 0.25) is 0 Å². The lowest BCUT2D eigenvalue weighted by atomic mass is 9.98. The van der Waals surface area contributed by atoms with Gasteiger partial charge in [-0.15, -0.1) is 0 Å². The lowest BCUT2D eigenvalue weighted by molar-refractivity contribution is 0.196. The van der Waals surface area contributed by atoms with Gasteiger partial charge in [-0.1, -0.05) is 13.8 Å². The highest BCUT2D eigenvalue weighted by Crippen LogP contribution is 2.10. The second-order valence-corrected chi connectivity index (χ2v) is 4.79. The Morgan fingerprint density at radius 3 is 2.59 bits per heavy atom. The molecule has 0 spiro atoms. The molecule has 1 aromatic heterocycles. The number of aliphatic hydroxyl groups is 1. The SMILES string of the molecule is CCc1nc(CC)n(CCCC(C)(N)CO)n1. The summed E-state index contributed by atoms with van der Waals surface area (Å²) in [7, 11) is 0. The average Bonchev–Trinajstić information content (AvgIpc) is 2.71. The Kier molecular flexibility index (Phi) is 5.08. The molecule has 1 unspecified atom stereocenters. The molecule has 0 saturated heterocycles. The predicted octanol–water partition coefficient (Wildman–Crippen LogP) is 0.893. The molecule has 1 aromatic rings. The lowest BCUT2D eigenvalue weighted by Gasteiger charge is -2.21. The standard InChI is InChI=1S/C12H24N4O/c1-4-10-14-11(5-2)16(15-10)8-6-7-12(3,13)9-17/h17H,4-9,13H2,1-3H3. The number of hydrogen-bond acceptors (Lipinski definition) is 4. The topological polar surface area (TPSA) is 77.0 Å². The minimum absolute atomic E-state index is 0.0190. The zero-order valence-electron chi connectivity index (χ0n) is 11.1. The molecule has 0 amide bonds. The second kappa shape index (κ2) is 6.12. The molecule has 3 N–H and O–H groups in total. The Balaban J connectivity index is 2.54. The first-order valence-electron chi connectivity index (χ1n) is 6.34. The van der Waals surface area contributed by atoms with E-state index in [-0.39, 0.29) is 6.61 Å². The van der Waals surface area contributed by atoms with Crippen molar-refractivity contribution in [3.05, 3.63) is 11.6 Å². The van der Waals surface area contributed by atoms with Crippen molar-refractivity contribution >= 4 is 0 Å². The van der Waals surface area contributed by atoms with Gasteiger partial charge in [0.05, 0.1) is 6.61 Å². The molecule has 5 nitrogen and oxygen atoms in total. The molecule has 5 heteroatoms. The molecule has 1 atom stereocenters. The van der Waals surface area contributed by atoms with Crippen LogP contribution in [0.3, 0.4) is 0 Å². The van der Waals surface area contributed by atoms with E-state index in [2.05, 4.69) is 23.9 Å². The quantitative estimate of drug-likeness (QED) is 0.742. The van der Waals surface area contributed by atoms with Gasteiger partial charge in [0.15, 0.2) is 5.82 Å². The summed E-state index contributed by atoms with van der Waals surface area (Å²) in [5, 5.41) is 13.5. The Morgan fingerprint density at radius 2 is 2.06 bits per heavy atom. The number of hydrogen-bond donors (Lipinski definition) is 2. The highest BCUT2D eigenvalue weighted by Gasteiger charge is 2.16. The smallest absolute Gasteiger partial charge is 0.150 e. The number of rotatable bonds is 7. The summed E-state index contributed by atoms with van der Waals surface area (Å²) in [6.07, 6.45) is 3.46. The average molecular weight is 240 g/mol. The maximum Gasteiger partial charge on any atom is 0.150 e. The van der Waals surface area contributed by atoms with E-state index >= 15 is 0 Å². The molecular weight excluding hydrogens is 216 g/mol. The summed E-state index contributed by atoms with van der Waals surface area (Å²) in [6.45, 7) is 6.85. The number of aliphatic hydroxyl groups excluding tert-OH is 1. The van der Waals surface area contributed by atoms with Crippen molar-refractivity contribution in [2.24, 2.45) is 5.73 Å². The van der Waals surface area contributed by atoms with E-state index < -0.39 is 5.54 Å². The monoisotopic (exact) mass is 240 g/mol. The van der Waals surface area contributed by atoms with Crippen LogP contribution in [0.5, 0.6) is 0 Å². The molecule has 0 fully saturated rings. The maximum absolute atomic E-state index is 9.07. The van der Waals surface area contributed by atoms with Crippen molar-refractivity contribution in [2.45, 2.75) is 58.5 Å². The molecule has 0 radical (unpaired) electrons. The largest absolute Gasteiger partial charge is 0.394 e. The van der Waals surface area contributed by atoms with Crippen LogP contribution >= 0.6 is 0 Å². The third-order valence-corrected chi connectivity index (χ3v) is 2.90. The molecule has 0 saturated carbocycles. The van der Waals surface area contributed by atoms with Crippen LogP contribution in [0.4, 0.5) is 0 Å². The van der Waals surface area contributed by atoms with Gasteiger partial charge in [0.25, 0.3) is 0 Å². The molecule has 98 valence electrons. The molecule has 17 heavy (non-hydrogen) atoms. The van der Waals surface area contributed by atoms with E-state index in [9.17, 15) is 0 Å². The van der Waals surface area contributed by atoms with Gasteiger partial charge in [-0.25, -0.2) is 9.67 Å². The van der Waals surface area contributed by atoms with Gasteiger partial charge < -0.3 is 10.8 Å². The number of aromatic nitrogens is 3. The molecular formula is C12H24N4O. The third-order valence-electron chi connectivity index (χ3n) is 2.90. The molecule has 1 heterocycles. The number of nitrogens with two attached hydrogens (primary N) is 1. The van der Waals surface area contributed by atoms with E-state index in [1.165, 1.54) is 0 Å². The van der Waals surface area contributed by atoms with Crippen LogP contribution in [0.15, 0.2) is 0 Å². The third kappa shape index (κ3) is 4.09. The normalized spacial score (nSPS) is 14.9. The van der Waals surface area contributed by atoms with E-state index in [0.29, 0.717) is 0 Å². The van der Waals surface area contributed by atoms with Crippen molar-refractivity contribution < 1.29 is 5.11 Å². The predicted molar refractivity (Wildman–Crippen MR) is 67.7 cm³/mol. The summed E-state index contributed by atoms with van der Waals surface area (Å²) in [5.41, 5.74) is 5.40. The van der Waals surface area contributed by atoms with Gasteiger partial charge >= 0.3 is 0 Å². The molecule has 0 aromatic carbocycles. The van der Waals surface area contributed by atoms with Crippen LogP contribution in [0, 0.1) is 0 Å². The summed E-state index contributed by atoms with van der Waals surface area (Å²) in [5.74, 6) is 1.93. The maximum atomic E-state index is 9.07. The van der Waals surface area contributed by atoms with Crippen molar-refractivity contribution in [1.82, 2.24) is 14.8 Å². The van der Waals surface area contributed by atoms with Crippen LogP contribution in [0.25, 0.3) is 0 Å². The molecule has 1 rings (SSSR count). The summed E-state index contributed by atoms with van der Waals surface area (Å²) < 4.78 is 1.96. The summed E-state index contributed by atoms with van der Waals surface area (Å²) >= 11 is 0. The summed E-state index contributed by atoms with van der Waals surface area (Å²) in [6, 6.07) is 0. The summed E-state index contributed by atoms with van der Waals surface area (Å²) in [4.78, 5) is 4.45. The lowest BCUT2D eigenvalue weighted by Crippen LogP contribution is -2.40. The van der Waals surface area contributed by atoms with Crippen LogP contribution in [-0.2, 0) is 19.4 Å². The minimum Gasteiger partial charge on any atom is -0.394 e. The fourth-order valence-corrected chi connectivity index (χ4v) is 1.73. The van der Waals surface area contributed by atoms with Gasteiger partial charge in [0, 0.05) is 24.9 Å². The van der Waals surface area contributed by atoms with Crippen molar-refractivity contribution in [2.75, 3.05) is 6.61 Å². The first-order chi connectivity index (χ1) is 8.02. The molecule has 0 aliphatic heterocycles. The van der Waals surface area contributed by atoms with Crippen LogP contribution < -0.4 is 5.73 Å². The zero-order chi connectivity index (χ0) is 12.9. The second-order valence-electron chi connectivity index (χ2n) is 4.79. The van der Waals surface area contributed by atoms with Gasteiger partial charge in [-0.05, 0) is 19.8 Å². The van der Waals surface area contributed by atoms with Crippen molar-refractivity contribution in [3.8, 4) is 0 Å². The fourth-order valence-electron chi connectivity index (χ4n) is 1.73. The minimum atomic E-state index is -0.486. The molecule has 0 aliphatic carbocycles. The van der Waals surface area contributed by atoms with Gasteiger partial charge in [0.1, 0.15) is 5.82 Å². The van der Waals surface area contributed by atoms with E-state index in [1.54, 1.807) is 0 Å². The zero-order valence-corrected chi connectivity index (χ0v) is 11.1.